The van der Waals surface area contributed by atoms with Gasteiger partial charge in [-0.1, -0.05) is 310 Å². The maximum absolute atomic E-state index is 6.59. The maximum Gasteiger partial charge on any atom is 0.494 e. The fourth-order valence-corrected chi connectivity index (χ4v) is 17.6. The van der Waals surface area contributed by atoms with Gasteiger partial charge in [-0.3, -0.25) is 0 Å². The number of unbranched alkanes of at least 4 members (excludes halogenated alkanes) is 20. The molecule has 0 unspecified atom stereocenters. The summed E-state index contributed by atoms with van der Waals surface area (Å²) in [7, 11) is -0.873. The third-order valence-corrected chi connectivity index (χ3v) is 24.9. The van der Waals surface area contributed by atoms with Crippen molar-refractivity contribution in [1.82, 2.24) is 0 Å². The molecule has 8 heteroatoms. The van der Waals surface area contributed by atoms with Crippen molar-refractivity contribution >= 4 is 78.6 Å². The van der Waals surface area contributed by atoms with Gasteiger partial charge in [-0.05, 0) is 230 Å². The number of hydrogen-bond acceptors (Lipinski definition) is 4. The van der Waals surface area contributed by atoms with Crippen molar-refractivity contribution in [3.05, 3.63) is 199 Å². The molecule has 0 amide bonds. The molecule has 8 aromatic carbocycles. The number of benzene rings is 8. The van der Waals surface area contributed by atoms with E-state index in [0.717, 1.165) is 10.9 Å². The highest BCUT2D eigenvalue weighted by Gasteiger charge is 2.55. The summed E-state index contributed by atoms with van der Waals surface area (Å²) in [5.41, 5.74) is 16.7. The van der Waals surface area contributed by atoms with E-state index in [1.54, 1.807) is 22.3 Å². The van der Waals surface area contributed by atoms with E-state index in [2.05, 4.69) is 261 Å². The molecule has 0 saturated carbocycles. The van der Waals surface area contributed by atoms with Crippen LogP contribution in [-0.4, -0.2) is 36.6 Å². The van der Waals surface area contributed by atoms with E-state index in [4.69, 9.17) is 18.6 Å². The summed E-state index contributed by atoms with van der Waals surface area (Å²) >= 11 is 7.52. The van der Waals surface area contributed by atoms with Gasteiger partial charge in [0.15, 0.2) is 0 Å². The standard InChI is InChI=1S/C60H76B2O4.C30H40Br2/c1-11-13-15-17-19-25-39-59(40-26-20-18-16-14-12-2)51-29-23-21-27-47(51)49-42-54-50(41-53(49)59)48-28-22-24-30-52(48)60(54,43-31-35-45(36-32-43)61-63-55(3,4)56(5,6)64-61)44-33-37-46(38-34-44)62-65-57(7,8)58(9,10)66-62;1-3-5-7-9-11-13-15-25-26(16-14-12-10-8-6-4-2)30-22-24(32)18-20-28(30)27-19-17-23(31)21-29(25)27/h21-24,27-38,41-42H,11-20,25-26,39-40H2,1-10H3;17-22H,3-16H2,1-2H3. The number of fused-ring (bicyclic) bond motifs is 9. The van der Waals surface area contributed by atoms with Gasteiger partial charge in [0.1, 0.15) is 0 Å². The lowest BCUT2D eigenvalue weighted by atomic mass is 9.65. The predicted octanol–water partition coefficient (Wildman–Crippen LogP) is 25.7. The van der Waals surface area contributed by atoms with Crippen molar-refractivity contribution < 1.29 is 18.6 Å². The van der Waals surface area contributed by atoms with Crippen LogP contribution in [-0.2, 0) is 42.3 Å². The quantitative estimate of drug-likeness (QED) is 0.0239. The average Bonchev–Trinajstić information content (AvgIpc) is 1.52. The molecule has 2 heterocycles. The maximum atomic E-state index is 6.59. The molecule has 0 bridgehead atoms. The summed E-state index contributed by atoms with van der Waals surface area (Å²) in [5.74, 6) is 0. The second kappa shape index (κ2) is 32.7. The molecule has 2 fully saturated rings. The van der Waals surface area contributed by atoms with Crippen LogP contribution >= 0.6 is 31.9 Å². The predicted molar refractivity (Wildman–Crippen MR) is 428 cm³/mol. The minimum atomic E-state index is -0.595. The van der Waals surface area contributed by atoms with Gasteiger partial charge < -0.3 is 18.6 Å². The van der Waals surface area contributed by atoms with Gasteiger partial charge in [0.05, 0.1) is 27.8 Å². The third-order valence-electron chi connectivity index (χ3n) is 23.9. The fraction of sp³-hybridized carbons (Fsp3) is 0.511. The summed E-state index contributed by atoms with van der Waals surface area (Å²) in [4.78, 5) is 0. The van der Waals surface area contributed by atoms with Gasteiger partial charge in [0, 0.05) is 14.4 Å². The topological polar surface area (TPSA) is 36.9 Å². The van der Waals surface area contributed by atoms with Gasteiger partial charge in [-0.15, -0.1) is 0 Å². The minimum Gasteiger partial charge on any atom is -0.399 e. The highest BCUT2D eigenvalue weighted by atomic mass is 79.9. The Bertz CT molecular complexity index is 3750. The molecule has 2 aliphatic carbocycles. The van der Waals surface area contributed by atoms with E-state index in [0.29, 0.717) is 0 Å². The zero-order valence-electron chi connectivity index (χ0n) is 62.2. The zero-order chi connectivity index (χ0) is 69.3. The molecule has 0 N–H and O–H groups in total. The van der Waals surface area contributed by atoms with E-state index in [1.165, 1.54) is 255 Å². The Kier molecular flexibility index (Phi) is 24.8. The van der Waals surface area contributed by atoms with Crippen LogP contribution in [0.15, 0.2) is 155 Å². The lowest BCUT2D eigenvalue weighted by molar-refractivity contribution is 0.00578. The van der Waals surface area contributed by atoms with Gasteiger partial charge >= 0.3 is 14.2 Å². The Labute approximate surface area is 610 Å². The summed E-state index contributed by atoms with van der Waals surface area (Å²) in [6, 6.07) is 56.2. The molecular weight excluding hydrogens is 1330 g/mol. The van der Waals surface area contributed by atoms with Crippen LogP contribution in [0.25, 0.3) is 43.8 Å². The molecule has 2 aliphatic heterocycles. The van der Waals surface area contributed by atoms with Gasteiger partial charge in [-0.2, -0.15) is 0 Å². The molecule has 520 valence electrons. The first-order chi connectivity index (χ1) is 47.3. The van der Waals surface area contributed by atoms with Crippen LogP contribution in [0.4, 0.5) is 0 Å². The highest BCUT2D eigenvalue weighted by molar-refractivity contribution is 9.10. The number of aryl methyl sites for hydroxylation is 2. The molecule has 12 rings (SSSR count). The van der Waals surface area contributed by atoms with Crippen LogP contribution in [0.1, 0.15) is 295 Å². The summed E-state index contributed by atoms with van der Waals surface area (Å²) in [6.45, 7) is 26.3. The Balaban J connectivity index is 0.000000254. The molecule has 8 aromatic rings. The SMILES string of the molecule is CCCCCCCCC1(CCCCCCCC)c2ccccc2-c2cc3c(cc21)-c1ccccc1C3(c1ccc(B2OC(C)(C)C(C)(C)O2)cc1)c1ccc(B2OC(C)(C)C(C)(C)O2)cc1.CCCCCCCCc1c(CCCCCCCC)c2cc(Br)ccc2c2ccc(Br)cc12. The van der Waals surface area contributed by atoms with Crippen molar-refractivity contribution in [2.75, 3.05) is 0 Å². The molecule has 0 spiro atoms. The van der Waals surface area contributed by atoms with E-state index >= 15 is 0 Å². The normalized spacial score (nSPS) is 17.1. The third kappa shape index (κ3) is 15.4. The monoisotopic (exact) mass is 1440 g/mol. The van der Waals surface area contributed by atoms with Crippen LogP contribution in [0.2, 0.25) is 0 Å². The van der Waals surface area contributed by atoms with E-state index in [-0.39, 0.29) is 5.41 Å². The van der Waals surface area contributed by atoms with Crippen LogP contribution < -0.4 is 10.9 Å². The lowest BCUT2D eigenvalue weighted by Gasteiger charge is -2.35. The van der Waals surface area contributed by atoms with Crippen LogP contribution in [0, 0.1) is 0 Å². The lowest BCUT2D eigenvalue weighted by Crippen LogP contribution is -2.41. The van der Waals surface area contributed by atoms with E-state index < -0.39 is 42.1 Å². The second-order valence-corrected chi connectivity index (χ2v) is 33.5. The van der Waals surface area contributed by atoms with Crippen molar-refractivity contribution in [2.45, 2.75) is 296 Å². The van der Waals surface area contributed by atoms with E-state index in [9.17, 15) is 0 Å². The summed E-state index contributed by atoms with van der Waals surface area (Å²) in [5, 5.41) is 5.74. The molecule has 4 aliphatic rings. The first-order valence-corrected chi connectivity index (χ1v) is 40.5. The van der Waals surface area contributed by atoms with E-state index in [1.807, 2.05) is 0 Å². The summed E-state index contributed by atoms with van der Waals surface area (Å²) < 4.78 is 28.7. The molecule has 0 radical (unpaired) electrons. The average molecular weight is 1440 g/mol. The largest absolute Gasteiger partial charge is 0.494 e. The fourth-order valence-electron chi connectivity index (χ4n) is 16.9. The van der Waals surface area contributed by atoms with Crippen LogP contribution in [0.3, 0.4) is 0 Å². The van der Waals surface area contributed by atoms with Crippen molar-refractivity contribution in [3.8, 4) is 22.3 Å². The number of rotatable bonds is 32. The Morgan fingerprint density at radius 1 is 0.306 bits per heavy atom. The van der Waals surface area contributed by atoms with Gasteiger partial charge in [-0.25, -0.2) is 0 Å². The molecular formula is C90H116B2Br2O4. The summed E-state index contributed by atoms with van der Waals surface area (Å²) in [6.07, 6.45) is 36.7. The zero-order valence-corrected chi connectivity index (χ0v) is 65.4. The van der Waals surface area contributed by atoms with Crippen molar-refractivity contribution in [1.29, 1.82) is 0 Å². The van der Waals surface area contributed by atoms with Crippen molar-refractivity contribution in [2.24, 2.45) is 0 Å². The number of hydrogen-bond donors (Lipinski definition) is 0. The molecule has 2 saturated heterocycles. The smallest absolute Gasteiger partial charge is 0.399 e. The Morgan fingerprint density at radius 3 is 1.05 bits per heavy atom. The Hall–Kier alpha value is -4.79. The molecule has 0 aromatic heterocycles. The molecule has 98 heavy (non-hydrogen) atoms. The first-order valence-electron chi connectivity index (χ1n) is 38.9. The first kappa shape index (κ1) is 74.4. The van der Waals surface area contributed by atoms with Gasteiger partial charge in [0.25, 0.3) is 0 Å². The molecule has 4 nitrogen and oxygen atoms in total. The molecule has 0 atom stereocenters. The Morgan fingerprint density at radius 2 is 0.643 bits per heavy atom. The minimum absolute atomic E-state index is 0.00830. The van der Waals surface area contributed by atoms with Crippen molar-refractivity contribution in [3.63, 3.8) is 0 Å². The van der Waals surface area contributed by atoms with Crippen LogP contribution in [0.5, 0.6) is 0 Å². The van der Waals surface area contributed by atoms with Gasteiger partial charge in [0.2, 0.25) is 0 Å². The second-order valence-electron chi connectivity index (χ2n) is 31.7. The highest BCUT2D eigenvalue weighted by Crippen LogP contribution is 2.62. The number of halogens is 2.